The molecule has 0 spiro atoms. The maximum atomic E-state index is 11.8. The summed E-state index contributed by atoms with van der Waals surface area (Å²) in [5, 5.41) is 15.4. The lowest BCUT2D eigenvalue weighted by Gasteiger charge is -2.09. The fraction of sp³-hybridized carbons (Fsp3) is 0.727. The Kier molecular flexibility index (Phi) is 3.69. The first-order valence-electron chi connectivity index (χ1n) is 6.36. The van der Waals surface area contributed by atoms with Crippen LogP contribution in [0.1, 0.15) is 32.1 Å². The lowest BCUT2D eigenvalue weighted by molar-refractivity contribution is -0.120. The fourth-order valence-corrected chi connectivity index (χ4v) is 4.00. The fourth-order valence-electron chi connectivity index (χ4n) is 1.86. The molecule has 98 valence electrons. The average molecular weight is 284 g/mol. The van der Waals surface area contributed by atoms with E-state index in [1.807, 2.05) is 0 Å². The number of anilines is 1. The van der Waals surface area contributed by atoms with Gasteiger partial charge in [0, 0.05) is 12.6 Å². The number of carbonyl (C=O) groups excluding carboxylic acids is 1. The van der Waals surface area contributed by atoms with Crippen molar-refractivity contribution in [3.63, 3.8) is 0 Å². The molecule has 1 saturated heterocycles. The topological polar surface area (TPSA) is 66.9 Å². The third-order valence-electron chi connectivity index (χ3n) is 3.04. The Morgan fingerprint density at radius 1 is 1.28 bits per heavy atom. The highest BCUT2D eigenvalue weighted by molar-refractivity contribution is 8.02. The van der Waals surface area contributed by atoms with Crippen molar-refractivity contribution in [2.45, 2.75) is 47.7 Å². The Balaban J connectivity index is 1.59. The van der Waals surface area contributed by atoms with Gasteiger partial charge in [0.15, 0.2) is 4.34 Å². The van der Waals surface area contributed by atoms with Crippen LogP contribution in [0.3, 0.4) is 0 Å². The number of nitrogens with zero attached hydrogens (tertiary/aromatic N) is 2. The molecule has 18 heavy (non-hydrogen) atoms. The summed E-state index contributed by atoms with van der Waals surface area (Å²) in [4.78, 5) is 11.8. The molecule has 0 aromatic carbocycles. The first-order valence-corrected chi connectivity index (χ1v) is 8.05. The van der Waals surface area contributed by atoms with E-state index in [4.69, 9.17) is 0 Å². The van der Waals surface area contributed by atoms with Crippen molar-refractivity contribution in [1.82, 2.24) is 15.5 Å². The summed E-state index contributed by atoms with van der Waals surface area (Å²) in [7, 11) is 0. The maximum absolute atomic E-state index is 11.8. The zero-order valence-electron chi connectivity index (χ0n) is 10.0. The van der Waals surface area contributed by atoms with Crippen LogP contribution in [0.4, 0.5) is 5.13 Å². The molecule has 1 atom stereocenters. The second-order valence-corrected chi connectivity index (χ2v) is 7.11. The van der Waals surface area contributed by atoms with Gasteiger partial charge in [-0.25, -0.2) is 0 Å². The van der Waals surface area contributed by atoms with E-state index in [0.29, 0.717) is 6.04 Å². The van der Waals surface area contributed by atoms with Gasteiger partial charge in [-0.1, -0.05) is 29.5 Å². The van der Waals surface area contributed by atoms with Crippen LogP contribution >= 0.6 is 23.1 Å². The monoisotopic (exact) mass is 284 g/mol. The van der Waals surface area contributed by atoms with Crippen LogP contribution in [-0.2, 0) is 4.79 Å². The van der Waals surface area contributed by atoms with E-state index in [0.717, 1.165) is 35.3 Å². The van der Waals surface area contributed by atoms with Crippen LogP contribution in [0.5, 0.6) is 0 Å². The van der Waals surface area contributed by atoms with Crippen molar-refractivity contribution in [2.24, 2.45) is 0 Å². The molecule has 1 unspecified atom stereocenters. The third-order valence-corrected chi connectivity index (χ3v) is 5.24. The highest BCUT2D eigenvalue weighted by Gasteiger charge is 2.25. The van der Waals surface area contributed by atoms with E-state index in [-0.39, 0.29) is 11.2 Å². The predicted octanol–water partition coefficient (Wildman–Crippen LogP) is 1.87. The number of amides is 1. The van der Waals surface area contributed by atoms with E-state index in [2.05, 4.69) is 20.8 Å². The van der Waals surface area contributed by atoms with E-state index in [1.165, 1.54) is 12.8 Å². The van der Waals surface area contributed by atoms with Crippen LogP contribution in [0.2, 0.25) is 0 Å². The molecule has 2 aliphatic rings. The normalized spacial score (nSPS) is 24.4. The smallest absolute Gasteiger partial charge is 0.233 e. The molecule has 2 fully saturated rings. The third kappa shape index (κ3) is 3.14. The van der Waals surface area contributed by atoms with E-state index >= 15 is 0 Å². The second kappa shape index (κ2) is 5.44. The van der Waals surface area contributed by atoms with E-state index in [9.17, 15) is 4.79 Å². The molecule has 0 radical (unpaired) electrons. The Morgan fingerprint density at radius 3 is 3.00 bits per heavy atom. The van der Waals surface area contributed by atoms with Crippen LogP contribution in [0.15, 0.2) is 4.34 Å². The van der Waals surface area contributed by atoms with Gasteiger partial charge in [0.2, 0.25) is 11.0 Å². The molecule has 3 rings (SSSR count). The number of rotatable bonds is 4. The summed E-state index contributed by atoms with van der Waals surface area (Å²) in [5.41, 5.74) is 0. The van der Waals surface area contributed by atoms with E-state index in [1.54, 1.807) is 23.1 Å². The van der Waals surface area contributed by atoms with Crippen molar-refractivity contribution in [3.8, 4) is 0 Å². The Morgan fingerprint density at radius 2 is 2.17 bits per heavy atom. The molecule has 5 nitrogen and oxygen atoms in total. The van der Waals surface area contributed by atoms with Crippen molar-refractivity contribution in [2.75, 3.05) is 11.9 Å². The molecule has 7 heteroatoms. The quantitative estimate of drug-likeness (QED) is 0.883. The number of carbonyl (C=O) groups is 1. The molecule has 1 saturated carbocycles. The van der Waals surface area contributed by atoms with E-state index < -0.39 is 0 Å². The zero-order valence-corrected chi connectivity index (χ0v) is 11.6. The van der Waals surface area contributed by atoms with Crippen LogP contribution in [-0.4, -0.2) is 33.9 Å². The standard InChI is InChI=1S/C11H16N4OS2/c16-9-8(3-1-2-6-12-9)17-11-15-14-10(18-11)13-7-4-5-7/h7-8H,1-6H2,(H,12,16)(H,13,14). The van der Waals surface area contributed by atoms with Gasteiger partial charge < -0.3 is 10.6 Å². The minimum atomic E-state index is -0.00535. The molecule has 1 amide bonds. The number of hydrogen-bond donors (Lipinski definition) is 2. The molecule has 1 aliphatic heterocycles. The Labute approximate surface area is 114 Å². The van der Waals surface area contributed by atoms with Crippen LogP contribution < -0.4 is 10.6 Å². The van der Waals surface area contributed by atoms with Crippen molar-refractivity contribution < 1.29 is 4.79 Å². The first kappa shape index (κ1) is 12.2. The van der Waals surface area contributed by atoms with Gasteiger partial charge in [0.1, 0.15) is 0 Å². The van der Waals surface area contributed by atoms with Gasteiger partial charge in [-0.3, -0.25) is 4.79 Å². The van der Waals surface area contributed by atoms with Gasteiger partial charge in [0.05, 0.1) is 5.25 Å². The molecule has 0 bridgehead atoms. The van der Waals surface area contributed by atoms with Crippen molar-refractivity contribution >= 4 is 34.1 Å². The van der Waals surface area contributed by atoms with Crippen LogP contribution in [0.25, 0.3) is 0 Å². The number of aromatic nitrogens is 2. The average Bonchev–Trinajstić information content (AvgIpc) is 3.09. The zero-order chi connectivity index (χ0) is 12.4. The minimum Gasteiger partial charge on any atom is -0.357 e. The molecule has 1 aliphatic carbocycles. The van der Waals surface area contributed by atoms with Crippen LogP contribution in [0, 0.1) is 0 Å². The molecule has 2 N–H and O–H groups in total. The largest absolute Gasteiger partial charge is 0.357 e. The number of nitrogens with one attached hydrogen (secondary N) is 2. The lowest BCUT2D eigenvalue weighted by atomic mass is 10.2. The van der Waals surface area contributed by atoms with Crippen molar-refractivity contribution in [1.29, 1.82) is 0 Å². The number of thioether (sulfide) groups is 1. The van der Waals surface area contributed by atoms with Crippen molar-refractivity contribution in [3.05, 3.63) is 0 Å². The second-order valence-electron chi connectivity index (χ2n) is 4.69. The molecule has 1 aromatic rings. The molecule has 2 heterocycles. The lowest BCUT2D eigenvalue weighted by Crippen LogP contribution is -2.30. The summed E-state index contributed by atoms with van der Waals surface area (Å²) >= 11 is 3.10. The summed E-state index contributed by atoms with van der Waals surface area (Å²) in [5.74, 6) is 0.143. The van der Waals surface area contributed by atoms with Gasteiger partial charge in [-0.05, 0) is 25.7 Å². The summed E-state index contributed by atoms with van der Waals surface area (Å²) in [6.45, 7) is 0.806. The Hall–Kier alpha value is -0.820. The molecule has 1 aromatic heterocycles. The minimum absolute atomic E-state index is 0.00535. The van der Waals surface area contributed by atoms with Gasteiger partial charge in [-0.2, -0.15) is 0 Å². The molecular formula is C11H16N4OS2. The Bertz CT molecular complexity index is 432. The highest BCUT2D eigenvalue weighted by atomic mass is 32.2. The van der Waals surface area contributed by atoms with Gasteiger partial charge in [-0.15, -0.1) is 10.2 Å². The maximum Gasteiger partial charge on any atom is 0.233 e. The SMILES string of the molecule is O=C1NCCCCC1Sc1nnc(NC2CC2)s1. The highest BCUT2D eigenvalue weighted by Crippen LogP contribution is 2.33. The van der Waals surface area contributed by atoms with Gasteiger partial charge >= 0.3 is 0 Å². The first-order chi connectivity index (χ1) is 8.81. The summed E-state index contributed by atoms with van der Waals surface area (Å²) < 4.78 is 0.889. The molecular weight excluding hydrogens is 268 g/mol. The summed E-state index contributed by atoms with van der Waals surface area (Å²) in [6, 6.07) is 0.594. The van der Waals surface area contributed by atoms with Gasteiger partial charge in [0.25, 0.3) is 0 Å². The summed E-state index contributed by atoms with van der Waals surface area (Å²) in [6.07, 6.45) is 5.57. The predicted molar refractivity (Wildman–Crippen MR) is 73.1 cm³/mol. The number of hydrogen-bond acceptors (Lipinski definition) is 6.